The van der Waals surface area contributed by atoms with Crippen LogP contribution in [0.4, 0.5) is 0 Å². The Kier molecular flexibility index (Phi) is 4.20. The van der Waals surface area contributed by atoms with E-state index in [1.54, 1.807) is 38.4 Å². The molecule has 5 nitrogen and oxygen atoms in total. The number of hydrogen-bond donors (Lipinski definition) is 2. The summed E-state index contributed by atoms with van der Waals surface area (Å²) in [6.45, 7) is 2.13. The number of amides is 1. The zero-order valence-electron chi connectivity index (χ0n) is 11.4. The maximum Gasteiger partial charge on any atom is 0.251 e. The van der Waals surface area contributed by atoms with Crippen LogP contribution in [0.3, 0.4) is 0 Å². The number of benzene rings is 1. The minimum atomic E-state index is -0.191. The van der Waals surface area contributed by atoms with Crippen LogP contribution in [0, 0.1) is 6.92 Å². The van der Waals surface area contributed by atoms with E-state index in [0.717, 1.165) is 5.56 Å². The summed E-state index contributed by atoms with van der Waals surface area (Å²) in [6, 6.07) is 8.33. The van der Waals surface area contributed by atoms with Gasteiger partial charge in [0, 0.05) is 24.4 Å². The molecule has 0 spiro atoms. The Hall–Kier alpha value is -2.56. The molecule has 0 radical (unpaired) electrons. The number of ether oxygens (including phenoxy) is 1. The molecule has 1 amide bonds. The molecular weight excluding hydrogens is 256 g/mol. The van der Waals surface area contributed by atoms with Crippen molar-refractivity contribution in [1.82, 2.24) is 10.3 Å². The van der Waals surface area contributed by atoms with Crippen molar-refractivity contribution in [3.63, 3.8) is 0 Å². The molecule has 0 fully saturated rings. The van der Waals surface area contributed by atoms with Gasteiger partial charge in [-0.1, -0.05) is 6.07 Å². The molecule has 0 saturated heterocycles. The summed E-state index contributed by atoms with van der Waals surface area (Å²) in [7, 11) is 1.55. The summed E-state index contributed by atoms with van der Waals surface area (Å²) in [5.74, 6) is 0.527. The van der Waals surface area contributed by atoms with Crippen LogP contribution < -0.4 is 10.1 Å². The van der Waals surface area contributed by atoms with E-state index in [4.69, 9.17) is 4.74 Å². The van der Waals surface area contributed by atoms with Gasteiger partial charge in [0.25, 0.3) is 5.91 Å². The molecule has 0 bridgehead atoms. The highest BCUT2D eigenvalue weighted by atomic mass is 16.5. The number of nitrogens with zero attached hydrogens (tertiary/aromatic N) is 1. The Morgan fingerprint density at radius 2 is 2.15 bits per heavy atom. The Bertz CT molecular complexity index is 609. The molecule has 0 aliphatic carbocycles. The summed E-state index contributed by atoms with van der Waals surface area (Å²) >= 11 is 0. The predicted octanol–water partition coefficient (Wildman–Crippen LogP) is 2.03. The van der Waals surface area contributed by atoms with Gasteiger partial charge in [0.1, 0.15) is 5.75 Å². The number of nitrogens with one attached hydrogen (secondary N) is 1. The molecule has 0 aliphatic rings. The lowest BCUT2D eigenvalue weighted by atomic mass is 10.1. The number of hydrogen-bond acceptors (Lipinski definition) is 4. The van der Waals surface area contributed by atoms with Crippen LogP contribution in [-0.4, -0.2) is 23.1 Å². The third kappa shape index (κ3) is 3.26. The second kappa shape index (κ2) is 6.06. The van der Waals surface area contributed by atoms with Crippen LogP contribution >= 0.6 is 0 Å². The molecule has 2 rings (SSSR count). The van der Waals surface area contributed by atoms with Gasteiger partial charge in [0.2, 0.25) is 5.88 Å². The lowest BCUT2D eigenvalue weighted by molar-refractivity contribution is 0.0951. The first kappa shape index (κ1) is 13.9. The number of rotatable bonds is 4. The summed E-state index contributed by atoms with van der Waals surface area (Å²) in [4.78, 5) is 16.0. The number of phenolic OH excluding ortho intramolecular Hbond substituents is 1. The van der Waals surface area contributed by atoms with Crippen LogP contribution in [0.2, 0.25) is 0 Å². The first-order chi connectivity index (χ1) is 9.60. The average molecular weight is 272 g/mol. The molecule has 1 aromatic heterocycles. The van der Waals surface area contributed by atoms with Crippen LogP contribution in [0.15, 0.2) is 36.5 Å². The van der Waals surface area contributed by atoms with Gasteiger partial charge in [-0.05, 0) is 36.2 Å². The van der Waals surface area contributed by atoms with E-state index in [9.17, 15) is 9.90 Å². The Balaban J connectivity index is 1.98. The van der Waals surface area contributed by atoms with Crippen molar-refractivity contribution in [2.24, 2.45) is 0 Å². The van der Waals surface area contributed by atoms with Crippen molar-refractivity contribution in [2.75, 3.05) is 7.11 Å². The van der Waals surface area contributed by atoms with Crippen molar-refractivity contribution in [3.05, 3.63) is 53.2 Å². The highest BCUT2D eigenvalue weighted by Crippen LogP contribution is 2.17. The van der Waals surface area contributed by atoms with Crippen molar-refractivity contribution in [3.8, 4) is 11.6 Å². The fourth-order valence-electron chi connectivity index (χ4n) is 1.72. The minimum absolute atomic E-state index is 0.181. The Morgan fingerprint density at radius 1 is 1.35 bits per heavy atom. The fraction of sp³-hybridized carbons (Fsp3) is 0.200. The molecule has 0 unspecified atom stereocenters. The quantitative estimate of drug-likeness (QED) is 0.893. The van der Waals surface area contributed by atoms with Gasteiger partial charge in [-0.25, -0.2) is 4.98 Å². The normalized spacial score (nSPS) is 10.1. The summed E-state index contributed by atoms with van der Waals surface area (Å²) < 4.78 is 4.97. The number of phenols is 1. The zero-order chi connectivity index (χ0) is 14.5. The number of pyridine rings is 1. The highest BCUT2D eigenvalue weighted by molar-refractivity contribution is 5.94. The van der Waals surface area contributed by atoms with E-state index in [2.05, 4.69) is 10.3 Å². The lowest BCUT2D eigenvalue weighted by Crippen LogP contribution is -2.22. The topological polar surface area (TPSA) is 71.5 Å². The molecule has 1 aromatic carbocycles. The van der Waals surface area contributed by atoms with Crippen molar-refractivity contribution < 1.29 is 14.6 Å². The van der Waals surface area contributed by atoms with Crippen molar-refractivity contribution in [2.45, 2.75) is 13.5 Å². The highest BCUT2D eigenvalue weighted by Gasteiger charge is 2.07. The molecule has 1 heterocycles. The second-order valence-electron chi connectivity index (χ2n) is 4.39. The van der Waals surface area contributed by atoms with Gasteiger partial charge in [-0.2, -0.15) is 0 Å². The van der Waals surface area contributed by atoms with Crippen LogP contribution in [-0.2, 0) is 6.54 Å². The number of aromatic hydroxyl groups is 1. The number of carbonyl (C=O) groups is 1. The van der Waals surface area contributed by atoms with Crippen LogP contribution in [0.5, 0.6) is 11.6 Å². The smallest absolute Gasteiger partial charge is 0.251 e. The number of aryl methyl sites for hydroxylation is 1. The van der Waals surface area contributed by atoms with Gasteiger partial charge in [0.15, 0.2) is 0 Å². The molecule has 0 atom stereocenters. The molecule has 2 aromatic rings. The van der Waals surface area contributed by atoms with Gasteiger partial charge in [-0.3, -0.25) is 4.79 Å². The fourth-order valence-corrected chi connectivity index (χ4v) is 1.72. The van der Waals surface area contributed by atoms with E-state index in [1.165, 1.54) is 6.07 Å². The summed E-state index contributed by atoms with van der Waals surface area (Å²) in [5.41, 5.74) is 2.07. The molecule has 5 heteroatoms. The Labute approximate surface area is 117 Å². The number of aromatic nitrogens is 1. The third-order valence-electron chi connectivity index (χ3n) is 2.92. The van der Waals surface area contributed by atoms with E-state index in [-0.39, 0.29) is 11.7 Å². The summed E-state index contributed by atoms with van der Waals surface area (Å²) in [5, 5.41) is 12.2. The monoisotopic (exact) mass is 272 g/mol. The van der Waals surface area contributed by atoms with E-state index >= 15 is 0 Å². The number of carbonyl (C=O) groups excluding carboxylic acids is 1. The molecule has 104 valence electrons. The van der Waals surface area contributed by atoms with Gasteiger partial charge in [-0.15, -0.1) is 0 Å². The molecule has 0 saturated carbocycles. The van der Waals surface area contributed by atoms with E-state index in [1.807, 2.05) is 6.07 Å². The van der Waals surface area contributed by atoms with Crippen molar-refractivity contribution >= 4 is 5.91 Å². The standard InChI is InChI=1S/C15H16N2O3/c1-10-7-12(4-5-13(10)18)15(19)17-9-11-3-6-14(20-2)16-8-11/h3-8,18H,9H2,1-2H3,(H,17,19). The first-order valence-electron chi connectivity index (χ1n) is 6.17. The second-order valence-corrected chi connectivity index (χ2v) is 4.39. The molecule has 0 aliphatic heterocycles. The van der Waals surface area contributed by atoms with Gasteiger partial charge >= 0.3 is 0 Å². The van der Waals surface area contributed by atoms with Gasteiger partial charge in [0.05, 0.1) is 7.11 Å². The van der Waals surface area contributed by atoms with E-state index in [0.29, 0.717) is 23.6 Å². The van der Waals surface area contributed by atoms with Crippen LogP contribution in [0.25, 0.3) is 0 Å². The third-order valence-corrected chi connectivity index (χ3v) is 2.92. The summed E-state index contributed by atoms with van der Waals surface area (Å²) in [6.07, 6.45) is 1.65. The first-order valence-corrected chi connectivity index (χ1v) is 6.17. The minimum Gasteiger partial charge on any atom is -0.508 e. The predicted molar refractivity (Wildman–Crippen MR) is 74.8 cm³/mol. The average Bonchev–Trinajstić information content (AvgIpc) is 2.48. The SMILES string of the molecule is COc1ccc(CNC(=O)c2ccc(O)c(C)c2)cn1. The molecular formula is C15H16N2O3. The number of methoxy groups -OCH3 is 1. The maximum atomic E-state index is 12.0. The Morgan fingerprint density at radius 3 is 2.75 bits per heavy atom. The lowest BCUT2D eigenvalue weighted by Gasteiger charge is -2.07. The zero-order valence-corrected chi connectivity index (χ0v) is 11.4. The van der Waals surface area contributed by atoms with Gasteiger partial charge < -0.3 is 15.2 Å². The largest absolute Gasteiger partial charge is 0.508 e. The van der Waals surface area contributed by atoms with Crippen molar-refractivity contribution in [1.29, 1.82) is 0 Å². The van der Waals surface area contributed by atoms with Crippen LogP contribution in [0.1, 0.15) is 21.5 Å². The maximum absolute atomic E-state index is 12.0. The molecule has 20 heavy (non-hydrogen) atoms. The van der Waals surface area contributed by atoms with E-state index < -0.39 is 0 Å². The molecule has 2 N–H and O–H groups in total.